The lowest BCUT2D eigenvalue weighted by molar-refractivity contribution is -0.277. The van der Waals surface area contributed by atoms with E-state index in [1.165, 1.54) is 30.3 Å². The van der Waals surface area contributed by atoms with Crippen LogP contribution in [-0.2, 0) is 28.6 Å². The lowest BCUT2D eigenvalue weighted by Gasteiger charge is -2.41. The molecule has 2 fully saturated rings. The minimum absolute atomic E-state index is 0.182. The van der Waals surface area contributed by atoms with Crippen LogP contribution in [0, 0.1) is 0 Å². The molecule has 10 N–H and O–H groups in total. The number of aliphatic carboxylic acids is 1. The molecule has 0 unspecified atom stereocenters. The van der Waals surface area contributed by atoms with Crippen LogP contribution >= 0.6 is 0 Å². The first kappa shape index (κ1) is 36.1. The highest BCUT2D eigenvalue weighted by molar-refractivity contribution is 5.91. The maximum absolute atomic E-state index is 12.6. The summed E-state index contributed by atoms with van der Waals surface area (Å²) >= 11 is 0. The van der Waals surface area contributed by atoms with Gasteiger partial charge in [-0.1, -0.05) is 12.1 Å². The van der Waals surface area contributed by atoms with Gasteiger partial charge in [0.15, 0.2) is 29.1 Å². The van der Waals surface area contributed by atoms with E-state index in [-0.39, 0.29) is 17.1 Å². The molecule has 1 heterocycles. The molecular weight excluding hydrogens is 644 g/mol. The van der Waals surface area contributed by atoms with E-state index in [0.29, 0.717) is 5.56 Å². The third-order valence-electron chi connectivity index (χ3n) is 7.67. The number of carbonyl (C=O) groups excluding carboxylic acids is 2. The van der Waals surface area contributed by atoms with Crippen LogP contribution in [0.25, 0.3) is 12.2 Å². The zero-order valence-corrected chi connectivity index (χ0v) is 24.8. The van der Waals surface area contributed by atoms with E-state index in [4.69, 9.17) is 18.9 Å². The van der Waals surface area contributed by atoms with E-state index < -0.39 is 103 Å². The van der Waals surface area contributed by atoms with Crippen molar-refractivity contribution in [2.75, 3.05) is 6.61 Å². The molecule has 2 aromatic rings. The summed E-state index contributed by atoms with van der Waals surface area (Å²) in [7, 11) is 0. The number of ether oxygens (including phenoxy) is 4. The van der Waals surface area contributed by atoms with E-state index in [0.717, 1.165) is 30.4 Å². The van der Waals surface area contributed by atoms with E-state index in [2.05, 4.69) is 0 Å². The molecule has 1 aliphatic heterocycles. The van der Waals surface area contributed by atoms with Crippen molar-refractivity contribution in [3.63, 3.8) is 0 Å². The number of carboxylic acid groups (broad SMARTS) is 1. The summed E-state index contributed by atoms with van der Waals surface area (Å²) in [5, 5.41) is 99.6. The third kappa shape index (κ3) is 8.20. The first-order chi connectivity index (χ1) is 22.6. The summed E-state index contributed by atoms with van der Waals surface area (Å²) in [6.07, 6.45) is -10.4. The molecule has 1 saturated heterocycles. The second-order valence-corrected chi connectivity index (χ2v) is 11.1. The van der Waals surface area contributed by atoms with Crippen LogP contribution in [0.15, 0.2) is 48.6 Å². The summed E-state index contributed by atoms with van der Waals surface area (Å²) in [4.78, 5) is 37.1. The largest absolute Gasteiger partial charge is 0.504 e. The van der Waals surface area contributed by atoms with Crippen LogP contribution in [0.5, 0.6) is 23.0 Å². The molecule has 17 nitrogen and oxygen atoms in total. The van der Waals surface area contributed by atoms with Gasteiger partial charge in [-0.05, 0) is 47.5 Å². The maximum atomic E-state index is 12.6. The van der Waals surface area contributed by atoms with Gasteiger partial charge in [-0.15, -0.1) is 0 Å². The third-order valence-corrected chi connectivity index (χ3v) is 7.67. The summed E-state index contributed by atoms with van der Waals surface area (Å²) in [6.45, 7) is -0.695. The number of aliphatic hydroxyl groups excluding tert-OH is 6. The Morgan fingerprint density at radius 1 is 0.792 bits per heavy atom. The van der Waals surface area contributed by atoms with Crippen molar-refractivity contribution in [2.24, 2.45) is 0 Å². The lowest BCUT2D eigenvalue weighted by Crippen LogP contribution is -2.60. The van der Waals surface area contributed by atoms with Crippen molar-refractivity contribution in [1.29, 1.82) is 0 Å². The number of hydrogen-bond acceptors (Lipinski definition) is 16. The highest BCUT2D eigenvalue weighted by Crippen LogP contribution is 2.36. The van der Waals surface area contributed by atoms with E-state index in [9.17, 15) is 65.4 Å². The molecule has 1 saturated carbocycles. The van der Waals surface area contributed by atoms with Gasteiger partial charge in [0.25, 0.3) is 0 Å². The zero-order chi connectivity index (χ0) is 35.3. The average molecular weight is 679 g/mol. The SMILES string of the molecule is O=C(/C=C/c1ccc(O)c(O)c1)OC1[C@H](O)CC(OC(=O)/C=C/c2ccc(O[C@@H]3O[C@H](CO)[C@@H](O)[C@H](O)[C@H]3O)c(O)c2)(C(=O)O)C[C@H]1O. The first-order valence-corrected chi connectivity index (χ1v) is 14.4. The van der Waals surface area contributed by atoms with Gasteiger partial charge in [-0.3, -0.25) is 0 Å². The summed E-state index contributed by atoms with van der Waals surface area (Å²) in [6, 6.07) is 7.38. The fraction of sp³-hybridized carbons (Fsp3) is 0.387. The topological polar surface area (TPSA) is 290 Å². The molecule has 0 bridgehead atoms. The van der Waals surface area contributed by atoms with Gasteiger partial charge in [0.2, 0.25) is 11.9 Å². The molecule has 260 valence electrons. The number of carboxylic acids is 1. The van der Waals surface area contributed by atoms with Crippen LogP contribution in [0.1, 0.15) is 24.0 Å². The lowest BCUT2D eigenvalue weighted by atomic mass is 9.79. The second-order valence-electron chi connectivity index (χ2n) is 11.1. The van der Waals surface area contributed by atoms with Gasteiger partial charge < -0.3 is 70.0 Å². The van der Waals surface area contributed by atoms with Crippen LogP contribution in [0.2, 0.25) is 0 Å². The molecule has 4 rings (SSSR count). The molecule has 0 amide bonds. The highest BCUT2D eigenvalue weighted by atomic mass is 16.7. The molecule has 0 spiro atoms. The number of hydrogen-bond donors (Lipinski definition) is 10. The fourth-order valence-electron chi connectivity index (χ4n) is 5.11. The van der Waals surface area contributed by atoms with Crippen molar-refractivity contribution in [2.45, 2.75) is 67.5 Å². The van der Waals surface area contributed by atoms with Crippen molar-refractivity contribution in [3.05, 3.63) is 59.7 Å². The zero-order valence-electron chi connectivity index (χ0n) is 24.8. The molecule has 1 aliphatic carbocycles. The number of carbonyl (C=O) groups is 3. The smallest absolute Gasteiger partial charge is 0.348 e. The van der Waals surface area contributed by atoms with Crippen LogP contribution in [0.3, 0.4) is 0 Å². The van der Waals surface area contributed by atoms with E-state index >= 15 is 0 Å². The average Bonchev–Trinajstić information content (AvgIpc) is 3.03. The van der Waals surface area contributed by atoms with Gasteiger partial charge in [0.05, 0.1) is 18.8 Å². The van der Waals surface area contributed by atoms with Crippen LogP contribution in [-0.4, -0.2) is 130 Å². The predicted molar refractivity (Wildman–Crippen MR) is 158 cm³/mol. The quantitative estimate of drug-likeness (QED) is 0.0777. The molecule has 2 aromatic carbocycles. The Balaban J connectivity index is 1.37. The number of phenols is 3. The number of benzene rings is 2. The summed E-state index contributed by atoms with van der Waals surface area (Å²) in [5.74, 6) is -5.48. The minimum Gasteiger partial charge on any atom is -0.504 e. The standard InChI is InChI=1S/C31H34O17/c32-13-22-25(40)26(41)27(42)29(46-22)45-21-6-2-15(10-18(21)35)4-8-24(39)48-31(30(43)44)11-19(36)28(20(37)12-31)47-23(38)7-3-14-1-5-16(33)17(34)9-14/h1-10,19-20,22,25-29,32-37,40-42H,11-13H2,(H,43,44)/b7-3+,8-4+/t19-,20-,22-,25-,26+,27-,28?,29-,31?/m1/s1. The van der Waals surface area contributed by atoms with Gasteiger partial charge in [0.1, 0.15) is 24.4 Å². The molecule has 48 heavy (non-hydrogen) atoms. The number of esters is 2. The number of rotatable bonds is 10. The Hall–Kier alpha value is -4.75. The fourth-order valence-corrected chi connectivity index (χ4v) is 5.11. The molecular formula is C31H34O17. The van der Waals surface area contributed by atoms with Gasteiger partial charge in [-0.25, -0.2) is 14.4 Å². The van der Waals surface area contributed by atoms with Gasteiger partial charge >= 0.3 is 17.9 Å². The molecule has 17 heteroatoms. The van der Waals surface area contributed by atoms with Crippen molar-refractivity contribution in [1.82, 2.24) is 0 Å². The Labute approximate surface area is 271 Å². The molecule has 2 aliphatic rings. The van der Waals surface area contributed by atoms with Crippen molar-refractivity contribution >= 4 is 30.1 Å². The maximum Gasteiger partial charge on any atom is 0.348 e. The van der Waals surface area contributed by atoms with Gasteiger partial charge in [-0.2, -0.15) is 0 Å². The Bertz CT molecular complexity index is 1540. The monoisotopic (exact) mass is 678 g/mol. The number of aromatic hydroxyl groups is 3. The Morgan fingerprint density at radius 3 is 1.94 bits per heavy atom. The van der Waals surface area contributed by atoms with E-state index in [1.54, 1.807) is 0 Å². The van der Waals surface area contributed by atoms with Crippen LogP contribution < -0.4 is 4.74 Å². The predicted octanol–water partition coefficient (Wildman–Crippen LogP) is -1.50. The normalized spacial score (nSPS) is 30.6. The second kappa shape index (κ2) is 15.0. The Morgan fingerprint density at radius 2 is 1.38 bits per heavy atom. The summed E-state index contributed by atoms with van der Waals surface area (Å²) in [5.41, 5.74) is -1.92. The molecule has 0 radical (unpaired) electrons. The van der Waals surface area contributed by atoms with Crippen LogP contribution in [0.4, 0.5) is 0 Å². The Kier molecular flexibility index (Phi) is 11.3. The summed E-state index contributed by atoms with van der Waals surface area (Å²) < 4.78 is 20.9. The van der Waals surface area contributed by atoms with E-state index in [1.807, 2.05) is 0 Å². The minimum atomic E-state index is -2.41. The van der Waals surface area contributed by atoms with Crippen molar-refractivity contribution < 1.29 is 84.4 Å². The first-order valence-electron chi connectivity index (χ1n) is 14.4. The highest BCUT2D eigenvalue weighted by Gasteiger charge is 2.54. The molecule has 0 aromatic heterocycles. The number of phenolic OH excluding ortho intramolecular Hbond substituents is 3. The number of aliphatic hydroxyl groups is 6. The van der Waals surface area contributed by atoms with Crippen molar-refractivity contribution in [3.8, 4) is 23.0 Å². The molecule has 7 atom stereocenters. The van der Waals surface area contributed by atoms with Gasteiger partial charge in [0, 0.05) is 25.0 Å².